The summed E-state index contributed by atoms with van der Waals surface area (Å²) in [6.45, 7) is 1.31. The maximum Gasteiger partial charge on any atom is 0.250 e. The van der Waals surface area contributed by atoms with Gasteiger partial charge in [0.15, 0.2) is 11.5 Å². The molecule has 0 unspecified atom stereocenters. The Morgan fingerprint density at radius 3 is 2.35 bits per heavy atom. The number of carbonyl (C=O) groups excluding carboxylic acids is 2. The van der Waals surface area contributed by atoms with Crippen molar-refractivity contribution in [1.29, 1.82) is 0 Å². The van der Waals surface area contributed by atoms with Crippen LogP contribution in [0, 0.1) is 0 Å². The Labute approximate surface area is 131 Å². The SMILES string of the molecule is CC(N)=O.NC(=O)c1cccnc1.Nc1ncnc2nc[nH]c12. The number of fused-ring (bicyclic) bond motifs is 1. The predicted octanol–water partition coefficient (Wildman–Crippen LogP) is -0.393. The predicted molar refractivity (Wildman–Crippen MR) is 83.7 cm³/mol. The molecular weight excluding hydrogens is 300 g/mol. The van der Waals surface area contributed by atoms with Gasteiger partial charge in [-0.3, -0.25) is 14.6 Å². The van der Waals surface area contributed by atoms with Crippen LogP contribution in [0.4, 0.5) is 5.82 Å². The van der Waals surface area contributed by atoms with Gasteiger partial charge in [0, 0.05) is 19.3 Å². The third kappa shape index (κ3) is 6.16. The van der Waals surface area contributed by atoms with E-state index < -0.39 is 5.91 Å². The number of anilines is 1. The van der Waals surface area contributed by atoms with Crippen LogP contribution in [0.15, 0.2) is 37.2 Å². The van der Waals surface area contributed by atoms with Crippen molar-refractivity contribution >= 4 is 28.8 Å². The second-order valence-corrected chi connectivity index (χ2v) is 4.08. The van der Waals surface area contributed by atoms with Crippen LogP contribution in [0.1, 0.15) is 17.3 Å². The average Bonchev–Trinajstić information content (AvgIpc) is 2.98. The molecule has 120 valence electrons. The van der Waals surface area contributed by atoms with Gasteiger partial charge in [0.25, 0.3) is 0 Å². The van der Waals surface area contributed by atoms with Gasteiger partial charge >= 0.3 is 0 Å². The van der Waals surface area contributed by atoms with Gasteiger partial charge in [-0.05, 0) is 12.1 Å². The second-order valence-electron chi connectivity index (χ2n) is 4.08. The van der Waals surface area contributed by atoms with Crippen LogP contribution >= 0.6 is 0 Å². The van der Waals surface area contributed by atoms with E-state index in [1.54, 1.807) is 18.3 Å². The Kier molecular flexibility index (Phi) is 6.59. The van der Waals surface area contributed by atoms with Gasteiger partial charge in [-0.2, -0.15) is 0 Å². The van der Waals surface area contributed by atoms with E-state index >= 15 is 0 Å². The number of carbonyl (C=O) groups is 2. The largest absolute Gasteiger partial charge is 0.382 e. The molecule has 0 saturated carbocycles. The van der Waals surface area contributed by atoms with Crippen molar-refractivity contribution in [3.05, 3.63) is 42.7 Å². The fourth-order valence-corrected chi connectivity index (χ4v) is 1.29. The highest BCUT2D eigenvalue weighted by molar-refractivity contribution is 5.92. The molecule has 0 aliphatic heterocycles. The minimum absolute atomic E-state index is 0.333. The summed E-state index contributed by atoms with van der Waals surface area (Å²) in [5.74, 6) is -0.342. The van der Waals surface area contributed by atoms with Gasteiger partial charge in [0.05, 0.1) is 11.9 Å². The van der Waals surface area contributed by atoms with Crippen LogP contribution in [-0.2, 0) is 4.79 Å². The van der Waals surface area contributed by atoms with E-state index in [9.17, 15) is 9.59 Å². The van der Waals surface area contributed by atoms with Gasteiger partial charge < -0.3 is 22.2 Å². The van der Waals surface area contributed by atoms with Crippen molar-refractivity contribution in [3.8, 4) is 0 Å². The number of aromatic nitrogens is 5. The van der Waals surface area contributed by atoms with Gasteiger partial charge in [0.2, 0.25) is 11.8 Å². The molecule has 0 aliphatic rings. The zero-order valence-electron chi connectivity index (χ0n) is 12.3. The number of nitrogens with zero attached hydrogens (tertiary/aromatic N) is 4. The van der Waals surface area contributed by atoms with Crippen molar-refractivity contribution < 1.29 is 9.59 Å². The molecule has 3 aromatic heterocycles. The smallest absolute Gasteiger partial charge is 0.250 e. The number of amides is 2. The van der Waals surface area contributed by atoms with Crippen molar-refractivity contribution in [3.63, 3.8) is 0 Å². The lowest BCUT2D eigenvalue weighted by Gasteiger charge is -1.89. The summed E-state index contributed by atoms with van der Waals surface area (Å²) in [4.78, 5) is 37.7. The molecule has 2 amide bonds. The van der Waals surface area contributed by atoms with Crippen LogP contribution in [0.2, 0.25) is 0 Å². The first-order chi connectivity index (χ1) is 10.9. The summed E-state index contributed by atoms with van der Waals surface area (Å²) in [5.41, 5.74) is 16.6. The third-order valence-electron chi connectivity index (χ3n) is 2.20. The summed E-state index contributed by atoms with van der Waals surface area (Å²) in [6.07, 6.45) is 5.95. The third-order valence-corrected chi connectivity index (χ3v) is 2.20. The zero-order valence-corrected chi connectivity index (χ0v) is 12.3. The summed E-state index contributed by atoms with van der Waals surface area (Å²) in [6, 6.07) is 3.29. The lowest BCUT2D eigenvalue weighted by atomic mass is 10.3. The lowest BCUT2D eigenvalue weighted by molar-refractivity contribution is -0.115. The summed E-state index contributed by atoms with van der Waals surface area (Å²) < 4.78 is 0. The normalized spacial score (nSPS) is 9.09. The van der Waals surface area contributed by atoms with Crippen molar-refractivity contribution in [2.75, 3.05) is 5.73 Å². The standard InChI is InChI=1S/C6H6N2O.C5H5N5.C2H5NO/c7-6(9)5-2-1-3-8-4-5;6-4-3-5(9-1-7-3)10-2-8-4;1-2(3)4/h1-4H,(H2,7,9);1-2H,(H3,6,7,8,9,10);1H3,(H2,3,4). The molecule has 0 fully saturated rings. The minimum atomic E-state index is -0.442. The Hall–Kier alpha value is -3.56. The van der Waals surface area contributed by atoms with Gasteiger partial charge in [-0.15, -0.1) is 0 Å². The molecule has 10 nitrogen and oxygen atoms in total. The van der Waals surface area contributed by atoms with Gasteiger partial charge in [-0.1, -0.05) is 0 Å². The van der Waals surface area contributed by atoms with Crippen molar-refractivity contribution in [2.24, 2.45) is 11.5 Å². The van der Waals surface area contributed by atoms with E-state index in [4.69, 9.17) is 11.5 Å². The number of imidazole rings is 1. The zero-order chi connectivity index (χ0) is 17.2. The van der Waals surface area contributed by atoms with Crippen molar-refractivity contribution in [1.82, 2.24) is 24.9 Å². The number of H-pyrrole nitrogens is 1. The van der Waals surface area contributed by atoms with E-state index in [1.165, 1.54) is 25.8 Å². The first-order valence-electron chi connectivity index (χ1n) is 6.27. The minimum Gasteiger partial charge on any atom is -0.382 e. The quantitative estimate of drug-likeness (QED) is 0.471. The monoisotopic (exact) mass is 316 g/mol. The highest BCUT2D eigenvalue weighted by Gasteiger charge is 1.99. The molecular formula is C13H16N8O2. The first kappa shape index (κ1) is 17.5. The van der Waals surface area contributed by atoms with E-state index in [1.807, 2.05) is 0 Å². The Morgan fingerprint density at radius 1 is 1.17 bits per heavy atom. The highest BCUT2D eigenvalue weighted by Crippen LogP contribution is 2.09. The molecule has 7 N–H and O–H groups in total. The summed E-state index contributed by atoms with van der Waals surface area (Å²) in [7, 11) is 0. The van der Waals surface area contributed by atoms with Crippen molar-refractivity contribution in [2.45, 2.75) is 6.92 Å². The summed E-state index contributed by atoms with van der Waals surface area (Å²) >= 11 is 0. The maximum atomic E-state index is 10.4. The molecule has 0 aliphatic carbocycles. The number of primary amides is 2. The molecule has 0 radical (unpaired) electrons. The van der Waals surface area contributed by atoms with Crippen LogP contribution in [-0.4, -0.2) is 36.7 Å². The van der Waals surface area contributed by atoms with Crippen LogP contribution in [0.25, 0.3) is 11.2 Å². The molecule has 0 spiro atoms. The molecule has 0 bridgehead atoms. The van der Waals surface area contributed by atoms with E-state index in [0.717, 1.165) is 0 Å². The van der Waals surface area contributed by atoms with Gasteiger partial charge in [0.1, 0.15) is 11.8 Å². The van der Waals surface area contributed by atoms with Gasteiger partial charge in [-0.25, -0.2) is 15.0 Å². The topological polar surface area (TPSA) is 180 Å². The highest BCUT2D eigenvalue weighted by atomic mass is 16.1. The molecule has 0 atom stereocenters. The Balaban J connectivity index is 0.000000189. The average molecular weight is 316 g/mol. The number of hydrogen-bond acceptors (Lipinski definition) is 7. The molecule has 3 rings (SSSR count). The van der Waals surface area contributed by atoms with Crippen LogP contribution < -0.4 is 17.2 Å². The molecule has 0 saturated heterocycles. The number of rotatable bonds is 1. The molecule has 3 heterocycles. The first-order valence-corrected chi connectivity index (χ1v) is 6.27. The number of hydrogen-bond donors (Lipinski definition) is 4. The Morgan fingerprint density at radius 2 is 1.87 bits per heavy atom. The maximum absolute atomic E-state index is 10.4. The van der Waals surface area contributed by atoms with E-state index in [2.05, 4.69) is 30.7 Å². The number of aromatic amines is 1. The fraction of sp³-hybridized carbons (Fsp3) is 0.0769. The number of nitrogens with two attached hydrogens (primary N) is 3. The van der Waals surface area contributed by atoms with Crippen LogP contribution in [0.5, 0.6) is 0 Å². The number of nitrogens with one attached hydrogen (secondary N) is 1. The fourth-order valence-electron chi connectivity index (χ4n) is 1.29. The molecule has 10 heteroatoms. The number of nitrogen functional groups attached to an aromatic ring is 1. The van der Waals surface area contributed by atoms with E-state index in [0.29, 0.717) is 22.5 Å². The molecule has 0 aromatic carbocycles. The van der Waals surface area contributed by atoms with Crippen LogP contribution in [0.3, 0.4) is 0 Å². The molecule has 23 heavy (non-hydrogen) atoms. The Bertz CT molecular complexity index is 768. The lowest BCUT2D eigenvalue weighted by Crippen LogP contribution is -2.10. The molecule has 3 aromatic rings. The second kappa shape index (κ2) is 8.67. The number of pyridine rings is 1. The summed E-state index contributed by atoms with van der Waals surface area (Å²) in [5, 5.41) is 0. The van der Waals surface area contributed by atoms with E-state index in [-0.39, 0.29) is 5.91 Å².